The Morgan fingerprint density at radius 2 is 1.69 bits per heavy atom. The Bertz CT molecular complexity index is 854. The molecule has 7 heteroatoms. The molecule has 0 atom stereocenters. The highest BCUT2D eigenvalue weighted by molar-refractivity contribution is 5.91. The van der Waals surface area contributed by atoms with Gasteiger partial charge in [0.1, 0.15) is 5.75 Å². The first-order valence-electron chi connectivity index (χ1n) is 7.83. The quantitative estimate of drug-likeness (QED) is 0.728. The van der Waals surface area contributed by atoms with Crippen LogP contribution in [0.5, 0.6) is 5.75 Å². The fraction of sp³-hybridized carbons (Fsp3) is 0.105. The molecule has 0 aliphatic rings. The Morgan fingerprint density at radius 1 is 0.962 bits per heavy atom. The largest absolute Gasteiger partial charge is 0.435 e. The number of carbonyl (C=O) groups is 1. The molecule has 3 rings (SSSR count). The van der Waals surface area contributed by atoms with Crippen molar-refractivity contribution in [2.24, 2.45) is 0 Å². The van der Waals surface area contributed by atoms with Gasteiger partial charge in [0.2, 0.25) is 5.91 Å². The summed E-state index contributed by atoms with van der Waals surface area (Å²) in [5.74, 6) is 0.105. The lowest BCUT2D eigenvalue weighted by Gasteiger charge is -2.07. The Labute approximate surface area is 148 Å². The SMILES string of the molecule is O=C(Cc1ccc(OC(F)F)cc1)Nc1ccc(-c2ccccc2)nn1. The van der Waals surface area contributed by atoms with Crippen molar-refractivity contribution in [1.29, 1.82) is 0 Å². The topological polar surface area (TPSA) is 64.1 Å². The van der Waals surface area contributed by atoms with Crippen molar-refractivity contribution in [3.05, 3.63) is 72.3 Å². The van der Waals surface area contributed by atoms with E-state index in [4.69, 9.17) is 0 Å². The average Bonchev–Trinajstić information content (AvgIpc) is 2.64. The van der Waals surface area contributed by atoms with Crippen molar-refractivity contribution < 1.29 is 18.3 Å². The second-order valence-electron chi connectivity index (χ2n) is 5.42. The lowest BCUT2D eigenvalue weighted by Crippen LogP contribution is -2.15. The van der Waals surface area contributed by atoms with E-state index in [-0.39, 0.29) is 18.1 Å². The van der Waals surface area contributed by atoms with Crippen LogP contribution in [0.2, 0.25) is 0 Å². The highest BCUT2D eigenvalue weighted by Gasteiger charge is 2.08. The minimum absolute atomic E-state index is 0.0477. The van der Waals surface area contributed by atoms with Crippen LogP contribution in [0.25, 0.3) is 11.3 Å². The molecule has 0 aliphatic carbocycles. The van der Waals surface area contributed by atoms with Crippen LogP contribution in [0.4, 0.5) is 14.6 Å². The minimum atomic E-state index is -2.87. The molecule has 0 saturated heterocycles. The van der Waals surface area contributed by atoms with Crippen LogP contribution < -0.4 is 10.1 Å². The van der Waals surface area contributed by atoms with E-state index < -0.39 is 6.61 Å². The van der Waals surface area contributed by atoms with E-state index >= 15 is 0 Å². The minimum Gasteiger partial charge on any atom is -0.435 e. The number of nitrogens with one attached hydrogen (secondary N) is 1. The molecule has 0 bridgehead atoms. The summed E-state index contributed by atoms with van der Waals surface area (Å²) in [7, 11) is 0. The van der Waals surface area contributed by atoms with Crippen LogP contribution in [0.1, 0.15) is 5.56 Å². The molecule has 0 fully saturated rings. The molecule has 1 N–H and O–H groups in total. The molecule has 0 saturated carbocycles. The first-order chi connectivity index (χ1) is 12.6. The summed E-state index contributed by atoms with van der Waals surface area (Å²) in [5.41, 5.74) is 2.31. The molecule has 1 heterocycles. The molecule has 132 valence electrons. The van der Waals surface area contributed by atoms with E-state index in [0.717, 1.165) is 5.56 Å². The maximum absolute atomic E-state index is 12.1. The van der Waals surface area contributed by atoms with Gasteiger partial charge in [0.05, 0.1) is 12.1 Å². The van der Waals surface area contributed by atoms with E-state index in [2.05, 4.69) is 20.3 Å². The number of carbonyl (C=O) groups excluding carboxylic acids is 1. The van der Waals surface area contributed by atoms with Crippen molar-refractivity contribution >= 4 is 11.7 Å². The predicted molar refractivity (Wildman–Crippen MR) is 92.9 cm³/mol. The summed E-state index contributed by atoms with van der Waals surface area (Å²) in [6, 6.07) is 18.9. The van der Waals surface area contributed by atoms with Crippen molar-refractivity contribution in [2.45, 2.75) is 13.0 Å². The summed E-state index contributed by atoms with van der Waals surface area (Å²) in [4.78, 5) is 12.1. The van der Waals surface area contributed by atoms with E-state index in [9.17, 15) is 13.6 Å². The third-order valence-corrected chi connectivity index (χ3v) is 3.51. The van der Waals surface area contributed by atoms with Gasteiger partial charge in [-0.3, -0.25) is 4.79 Å². The highest BCUT2D eigenvalue weighted by atomic mass is 19.3. The van der Waals surface area contributed by atoms with Crippen molar-refractivity contribution in [2.75, 3.05) is 5.32 Å². The maximum atomic E-state index is 12.1. The van der Waals surface area contributed by atoms with E-state index in [1.165, 1.54) is 12.1 Å². The lowest BCUT2D eigenvalue weighted by molar-refractivity contribution is -0.115. The van der Waals surface area contributed by atoms with Crippen molar-refractivity contribution in [3.8, 4) is 17.0 Å². The average molecular weight is 355 g/mol. The molecule has 1 amide bonds. The van der Waals surface area contributed by atoms with Crippen molar-refractivity contribution in [3.63, 3.8) is 0 Å². The normalized spacial score (nSPS) is 10.6. The smallest absolute Gasteiger partial charge is 0.387 e. The van der Waals surface area contributed by atoms with Gasteiger partial charge in [0, 0.05) is 5.56 Å². The Balaban J connectivity index is 1.58. The number of halogens is 2. The highest BCUT2D eigenvalue weighted by Crippen LogP contribution is 2.17. The number of rotatable bonds is 6. The summed E-state index contributed by atoms with van der Waals surface area (Å²) < 4.78 is 28.5. The zero-order valence-electron chi connectivity index (χ0n) is 13.6. The molecule has 0 aliphatic heterocycles. The zero-order valence-corrected chi connectivity index (χ0v) is 13.6. The Morgan fingerprint density at radius 3 is 2.31 bits per heavy atom. The first kappa shape index (κ1) is 17.5. The number of hydrogen-bond donors (Lipinski definition) is 1. The summed E-state index contributed by atoms with van der Waals surface area (Å²) in [6.07, 6.45) is 0.0804. The number of aromatic nitrogens is 2. The van der Waals surface area contributed by atoms with Gasteiger partial charge in [0.25, 0.3) is 0 Å². The van der Waals surface area contributed by atoms with Crippen LogP contribution in [0.15, 0.2) is 66.7 Å². The van der Waals surface area contributed by atoms with Gasteiger partial charge in [-0.1, -0.05) is 42.5 Å². The number of ether oxygens (including phenoxy) is 1. The van der Waals surface area contributed by atoms with Gasteiger partial charge in [-0.15, -0.1) is 10.2 Å². The molecule has 0 spiro atoms. The summed E-state index contributed by atoms with van der Waals surface area (Å²) in [5, 5.41) is 10.7. The van der Waals surface area contributed by atoms with Gasteiger partial charge < -0.3 is 10.1 Å². The third kappa shape index (κ3) is 4.83. The number of amides is 1. The number of anilines is 1. The molecule has 0 unspecified atom stereocenters. The van der Waals surface area contributed by atoms with E-state index in [1.54, 1.807) is 24.3 Å². The van der Waals surface area contributed by atoms with E-state index in [0.29, 0.717) is 17.1 Å². The van der Waals surface area contributed by atoms with Gasteiger partial charge in [-0.25, -0.2) is 0 Å². The van der Waals surface area contributed by atoms with Crippen LogP contribution in [0.3, 0.4) is 0 Å². The summed E-state index contributed by atoms with van der Waals surface area (Å²) in [6.45, 7) is -2.87. The number of benzene rings is 2. The molecule has 26 heavy (non-hydrogen) atoms. The van der Waals surface area contributed by atoms with Crippen LogP contribution >= 0.6 is 0 Å². The fourth-order valence-corrected chi connectivity index (χ4v) is 2.32. The van der Waals surface area contributed by atoms with E-state index in [1.807, 2.05) is 30.3 Å². The molecule has 3 aromatic rings. The van der Waals surface area contributed by atoms with Gasteiger partial charge in [0.15, 0.2) is 5.82 Å². The van der Waals surface area contributed by atoms with Crippen LogP contribution in [-0.4, -0.2) is 22.7 Å². The molecule has 0 radical (unpaired) electrons. The molecular formula is C19H15F2N3O2. The van der Waals surface area contributed by atoms with Gasteiger partial charge in [-0.05, 0) is 29.8 Å². The molecule has 5 nitrogen and oxygen atoms in total. The molecule has 1 aromatic heterocycles. The van der Waals surface area contributed by atoms with Gasteiger partial charge >= 0.3 is 6.61 Å². The van der Waals surface area contributed by atoms with Gasteiger partial charge in [-0.2, -0.15) is 8.78 Å². The third-order valence-electron chi connectivity index (χ3n) is 3.51. The van der Waals surface area contributed by atoms with Crippen LogP contribution in [-0.2, 0) is 11.2 Å². The number of hydrogen-bond acceptors (Lipinski definition) is 4. The Kier molecular flexibility index (Phi) is 5.48. The zero-order chi connectivity index (χ0) is 18.4. The second-order valence-corrected chi connectivity index (χ2v) is 5.42. The van der Waals surface area contributed by atoms with Crippen molar-refractivity contribution in [1.82, 2.24) is 10.2 Å². The monoisotopic (exact) mass is 355 g/mol. The Hall–Kier alpha value is -3.35. The second kappa shape index (κ2) is 8.15. The summed E-state index contributed by atoms with van der Waals surface area (Å²) >= 11 is 0. The lowest BCUT2D eigenvalue weighted by atomic mass is 10.1. The first-order valence-corrected chi connectivity index (χ1v) is 7.83. The molecular weight excluding hydrogens is 340 g/mol. The fourth-order valence-electron chi connectivity index (χ4n) is 2.32. The standard InChI is InChI=1S/C19H15F2N3O2/c20-19(21)26-15-8-6-13(7-9-15)12-18(25)22-17-11-10-16(23-24-17)14-4-2-1-3-5-14/h1-11,19H,12H2,(H,22,24,25). The number of alkyl halides is 2. The van der Waals surface area contributed by atoms with Crippen LogP contribution in [0, 0.1) is 0 Å². The maximum Gasteiger partial charge on any atom is 0.387 e. The number of nitrogens with zero attached hydrogens (tertiary/aromatic N) is 2. The molecule has 2 aromatic carbocycles. The predicted octanol–water partition coefficient (Wildman–Crippen LogP) is 3.93.